The van der Waals surface area contributed by atoms with E-state index in [1.165, 1.54) is 0 Å². The summed E-state index contributed by atoms with van der Waals surface area (Å²) in [6.07, 6.45) is -11.5. The Morgan fingerprint density at radius 2 is 1.62 bits per heavy atom. The van der Waals surface area contributed by atoms with Crippen LogP contribution in [0.2, 0.25) is 5.02 Å². The zero-order chi connectivity index (χ0) is 47.4. The van der Waals surface area contributed by atoms with Crippen LogP contribution in [-0.2, 0) is 46.4 Å². The Labute approximate surface area is 369 Å². The molecule has 0 unspecified atom stereocenters. The zero-order valence-electron chi connectivity index (χ0n) is 33.2. The van der Waals surface area contributed by atoms with Gasteiger partial charge in [-0.05, 0) is 67.1 Å². The van der Waals surface area contributed by atoms with Gasteiger partial charge in [0.15, 0.2) is 5.82 Å². The number of aromatic nitrogens is 6. The number of rotatable bonds is 14. The number of sulfonamides is 1. The van der Waals surface area contributed by atoms with Gasteiger partial charge in [-0.2, -0.15) is 32.1 Å². The van der Waals surface area contributed by atoms with Crippen LogP contribution in [0.15, 0.2) is 65.5 Å². The molecule has 2 saturated carbocycles. The van der Waals surface area contributed by atoms with Crippen LogP contribution in [0.1, 0.15) is 71.6 Å². The third-order valence-electron chi connectivity index (χ3n) is 11.5. The van der Waals surface area contributed by atoms with Gasteiger partial charge in [0.25, 0.3) is 24.3 Å². The fourth-order valence-corrected chi connectivity index (χ4v) is 10.0. The molecule has 25 heteroatoms. The topological polar surface area (TPSA) is 146 Å². The Morgan fingerprint density at radius 1 is 0.939 bits per heavy atom. The van der Waals surface area contributed by atoms with Crippen molar-refractivity contribution in [2.45, 2.75) is 80.9 Å². The van der Waals surface area contributed by atoms with Crippen molar-refractivity contribution < 1.29 is 61.5 Å². The molecule has 0 radical (unpaired) electrons. The number of hydrogen-bond acceptors (Lipinski definition) is 7. The number of alkyl halides is 9. The van der Waals surface area contributed by atoms with Gasteiger partial charge in [0, 0.05) is 35.6 Å². The van der Waals surface area contributed by atoms with Crippen LogP contribution in [0.4, 0.5) is 54.1 Å². The van der Waals surface area contributed by atoms with Crippen molar-refractivity contribution in [2.24, 2.45) is 5.92 Å². The lowest BCUT2D eigenvalue weighted by atomic mass is 10.0. The molecule has 0 spiro atoms. The highest BCUT2D eigenvalue weighted by atomic mass is 35.5. The maximum atomic E-state index is 15.5. The first-order chi connectivity index (χ1) is 31.0. The molecular weight excluding hydrogens is 945 g/mol. The number of nitrogens with one attached hydrogen (secondary N) is 2. The van der Waals surface area contributed by atoms with Crippen LogP contribution in [0.25, 0.3) is 27.8 Å². The van der Waals surface area contributed by atoms with E-state index in [1.807, 2.05) is 0 Å². The average Bonchev–Trinajstić information content (AvgIpc) is 4.14. The molecule has 0 saturated heterocycles. The third kappa shape index (κ3) is 8.25. The summed E-state index contributed by atoms with van der Waals surface area (Å²) in [5.74, 6) is -10.5. The van der Waals surface area contributed by atoms with Crippen molar-refractivity contribution in [3.63, 3.8) is 0 Å². The molecule has 0 bridgehead atoms. The Hall–Kier alpha value is -6.04. The summed E-state index contributed by atoms with van der Waals surface area (Å²) >= 11 is 6.57. The quantitative estimate of drug-likeness (QED) is 0.104. The van der Waals surface area contributed by atoms with Gasteiger partial charge in [0.1, 0.15) is 41.9 Å². The average molecular weight is 975 g/mol. The van der Waals surface area contributed by atoms with Gasteiger partial charge in [-0.25, -0.2) is 39.7 Å². The van der Waals surface area contributed by atoms with E-state index in [9.17, 15) is 57.5 Å². The second-order valence-electron chi connectivity index (χ2n) is 16.1. The zero-order valence-corrected chi connectivity index (χ0v) is 34.8. The molecule has 3 atom stereocenters. The summed E-state index contributed by atoms with van der Waals surface area (Å²) in [6.45, 7) is -2.38. The smallest absolute Gasteiger partial charge is 0.344 e. The normalized spacial score (nSPS) is 18.2. The van der Waals surface area contributed by atoms with Crippen LogP contribution in [0, 0.1) is 17.6 Å². The van der Waals surface area contributed by atoms with E-state index >= 15 is 8.78 Å². The van der Waals surface area contributed by atoms with Crippen LogP contribution in [0.5, 0.6) is 0 Å². The van der Waals surface area contributed by atoms with Crippen LogP contribution < -0.4 is 15.6 Å². The molecule has 9 rings (SSSR count). The molecule has 3 aliphatic rings. The number of fused-ring (bicyclic) bond motifs is 4. The fraction of sp³-hybridized carbons (Fsp3) is 0.341. The number of hydrogen-bond donors (Lipinski definition) is 2. The maximum Gasteiger partial charge on any atom is 0.416 e. The lowest BCUT2D eigenvalue weighted by Gasteiger charge is -2.24. The van der Waals surface area contributed by atoms with Crippen molar-refractivity contribution >= 4 is 44.3 Å². The molecule has 1 amide bonds. The first-order valence-electron chi connectivity index (χ1n) is 19.8. The van der Waals surface area contributed by atoms with Gasteiger partial charge in [-0.1, -0.05) is 23.7 Å². The standard InChI is InChI=1S/C41H30ClF11N8O4S/c42-25-7-8-28(35-33(25)38(57-59(35)15-29(45)46)58-66(64,65)22-5-6-22)61-31(63)14-26(18-1-3-19(4-2-18)41(51,52)53)55-39(61)27(11-17-9-20(43)12-21(44)10-17)54-30(62)16-60-36-32(34(56-60)37(47)48)23-13-24(23)40(36,49)50/h1-4,7-10,12,14,22-24,27,29,37H,5-6,11,13,15-16H2,(H,54,62)(H,57,58)/t23-,24+,27-/m0/s1. The summed E-state index contributed by atoms with van der Waals surface area (Å²) in [5, 5.41) is 8.78. The summed E-state index contributed by atoms with van der Waals surface area (Å²) in [4.78, 5) is 33.2. The Kier molecular flexibility index (Phi) is 11.0. The lowest BCUT2D eigenvalue weighted by Crippen LogP contribution is -2.38. The molecular formula is C41H30ClF11N8O4S. The number of halogens is 12. The van der Waals surface area contributed by atoms with E-state index in [4.69, 9.17) is 11.6 Å². The molecule has 66 heavy (non-hydrogen) atoms. The number of anilines is 1. The van der Waals surface area contributed by atoms with E-state index in [0.29, 0.717) is 27.6 Å². The molecule has 3 aromatic carbocycles. The predicted octanol–water partition coefficient (Wildman–Crippen LogP) is 8.81. The molecule has 3 aliphatic carbocycles. The van der Waals surface area contributed by atoms with Crippen molar-refractivity contribution in [1.82, 2.24) is 34.4 Å². The van der Waals surface area contributed by atoms with Crippen LogP contribution >= 0.6 is 11.6 Å². The minimum atomic E-state index is -4.79. The monoisotopic (exact) mass is 974 g/mol. The van der Waals surface area contributed by atoms with E-state index in [1.54, 1.807) is 0 Å². The van der Waals surface area contributed by atoms with Gasteiger partial charge >= 0.3 is 6.18 Å². The first kappa shape index (κ1) is 45.1. The summed E-state index contributed by atoms with van der Waals surface area (Å²) in [6, 6.07) is 6.65. The molecule has 348 valence electrons. The molecule has 6 aromatic rings. The van der Waals surface area contributed by atoms with Crippen LogP contribution in [0.3, 0.4) is 0 Å². The minimum Gasteiger partial charge on any atom is -0.344 e. The number of carbonyl (C=O) groups is 1. The minimum absolute atomic E-state index is 0.0928. The van der Waals surface area contributed by atoms with Crippen LogP contribution in [-0.4, -0.2) is 55.1 Å². The SMILES string of the molecule is O=C(Cn1nc(C(F)F)c2c1C(F)(F)[C@@H]1C[C@H]21)N[C@@H](Cc1cc(F)cc(F)c1)c1nc(-c2ccc(C(F)(F)F)cc2)cc(=O)n1-c1ccc(Cl)c2c(NS(=O)(=O)C3CC3)nn(CC(F)F)c12. The molecule has 0 aliphatic heterocycles. The van der Waals surface area contributed by atoms with Crippen molar-refractivity contribution in [3.05, 3.63) is 122 Å². The first-order valence-corrected chi connectivity index (χ1v) is 21.8. The number of benzene rings is 3. The Balaban J connectivity index is 1.25. The Morgan fingerprint density at radius 3 is 2.24 bits per heavy atom. The summed E-state index contributed by atoms with van der Waals surface area (Å²) < 4.78 is 188. The third-order valence-corrected chi connectivity index (χ3v) is 13.6. The highest BCUT2D eigenvalue weighted by molar-refractivity contribution is 7.93. The van der Waals surface area contributed by atoms with E-state index in [-0.39, 0.29) is 46.5 Å². The fourth-order valence-electron chi connectivity index (χ4n) is 8.45. The highest BCUT2D eigenvalue weighted by Crippen LogP contribution is 2.68. The molecule has 2 fully saturated rings. The molecule has 12 nitrogen and oxygen atoms in total. The summed E-state index contributed by atoms with van der Waals surface area (Å²) in [7, 11) is -4.14. The van der Waals surface area contributed by atoms with E-state index < -0.39 is 146 Å². The number of carbonyl (C=O) groups excluding carboxylic acids is 1. The van der Waals surface area contributed by atoms with Gasteiger partial charge < -0.3 is 5.32 Å². The number of nitrogens with zero attached hydrogens (tertiary/aromatic N) is 6. The maximum absolute atomic E-state index is 15.5. The lowest BCUT2D eigenvalue weighted by molar-refractivity contribution is -0.137. The second kappa shape index (κ2) is 16.1. The molecule has 3 aromatic heterocycles. The summed E-state index contributed by atoms with van der Waals surface area (Å²) in [5.41, 5.74) is -6.01. The van der Waals surface area contributed by atoms with E-state index in [2.05, 4.69) is 25.2 Å². The second-order valence-corrected chi connectivity index (χ2v) is 18.5. The van der Waals surface area contributed by atoms with Crippen molar-refractivity contribution in [2.75, 3.05) is 4.72 Å². The largest absolute Gasteiger partial charge is 0.416 e. The molecule has 3 heterocycles. The predicted molar refractivity (Wildman–Crippen MR) is 213 cm³/mol. The highest BCUT2D eigenvalue weighted by Gasteiger charge is 2.67. The Bertz CT molecular complexity index is 3100. The van der Waals surface area contributed by atoms with Gasteiger partial charge in [-0.15, -0.1) is 0 Å². The number of amides is 1. The van der Waals surface area contributed by atoms with Crippen molar-refractivity contribution in [3.8, 4) is 16.9 Å². The molecule has 2 N–H and O–H groups in total. The van der Waals surface area contributed by atoms with Gasteiger partial charge in [0.2, 0.25) is 15.9 Å². The van der Waals surface area contributed by atoms with Gasteiger partial charge in [0.05, 0.1) is 44.2 Å². The van der Waals surface area contributed by atoms with E-state index in [0.717, 1.165) is 47.0 Å². The van der Waals surface area contributed by atoms with Gasteiger partial charge in [-0.3, -0.25) is 28.2 Å². The van der Waals surface area contributed by atoms with Crippen molar-refractivity contribution in [1.29, 1.82) is 0 Å².